The Kier molecular flexibility index (Phi) is 3.28. The van der Waals surface area contributed by atoms with Crippen molar-refractivity contribution in [1.82, 2.24) is 4.72 Å². The average Bonchev–Trinajstić information content (AvgIpc) is 2.17. The van der Waals surface area contributed by atoms with E-state index in [1.165, 1.54) is 31.3 Å². The summed E-state index contributed by atoms with van der Waals surface area (Å²) in [6.07, 6.45) is 0. The first-order valence-corrected chi connectivity index (χ1v) is 5.54. The number of carbonyl (C=O) groups excluding carboxylic acids is 1. The molecule has 82 valence electrons. The van der Waals surface area contributed by atoms with Crippen molar-refractivity contribution in [1.29, 1.82) is 0 Å². The van der Waals surface area contributed by atoms with Gasteiger partial charge in [0.15, 0.2) is 0 Å². The molecule has 0 heterocycles. The van der Waals surface area contributed by atoms with Crippen LogP contribution in [0.15, 0.2) is 24.3 Å². The molecule has 7 heteroatoms. The number of rotatable bonds is 4. The highest BCUT2D eigenvalue weighted by Gasteiger charge is 2.07. The Morgan fingerprint density at radius 2 is 2.07 bits per heavy atom. The molecule has 0 aliphatic heterocycles. The normalized spacial score (nSPS) is 11.0. The molecular weight excluding hydrogens is 218 g/mol. The fourth-order valence-electron chi connectivity index (χ4n) is 0.942. The highest BCUT2D eigenvalue weighted by molar-refractivity contribution is 7.90. The second kappa shape index (κ2) is 4.28. The molecule has 1 aromatic carbocycles. The lowest BCUT2D eigenvalue weighted by Gasteiger charge is -2.06. The Hall–Kier alpha value is -1.60. The third-order valence-electron chi connectivity index (χ3n) is 1.67. The first-order chi connectivity index (χ1) is 6.94. The molecule has 0 aliphatic rings. The fourth-order valence-corrected chi connectivity index (χ4v) is 1.48. The number of amides is 1. The minimum Gasteiger partial charge on any atom is -0.366 e. The van der Waals surface area contributed by atoms with E-state index >= 15 is 0 Å². The summed E-state index contributed by atoms with van der Waals surface area (Å²) in [6, 6.07) is 5.91. The Labute approximate surface area is 87.7 Å². The number of benzene rings is 1. The van der Waals surface area contributed by atoms with Crippen molar-refractivity contribution in [2.75, 3.05) is 11.8 Å². The van der Waals surface area contributed by atoms with Crippen molar-refractivity contribution >= 4 is 21.8 Å². The van der Waals surface area contributed by atoms with Gasteiger partial charge in [0.05, 0.1) is 5.69 Å². The molecule has 6 nitrogen and oxygen atoms in total. The predicted molar refractivity (Wildman–Crippen MR) is 56.6 cm³/mol. The maximum atomic E-state index is 11.1. The average molecular weight is 229 g/mol. The zero-order valence-electron chi connectivity index (χ0n) is 8.02. The van der Waals surface area contributed by atoms with Gasteiger partial charge in [-0.1, -0.05) is 6.07 Å². The number of nitrogens with two attached hydrogens (primary N) is 1. The molecule has 0 atom stereocenters. The monoisotopic (exact) mass is 229 g/mol. The lowest BCUT2D eigenvalue weighted by molar-refractivity contribution is 0.100. The van der Waals surface area contributed by atoms with Crippen LogP contribution in [0.25, 0.3) is 0 Å². The fraction of sp³-hybridized carbons (Fsp3) is 0.125. The predicted octanol–water partition coefficient (Wildman–Crippen LogP) is -0.338. The molecule has 0 spiro atoms. The number of anilines is 1. The number of primary amides is 1. The van der Waals surface area contributed by atoms with E-state index in [1.54, 1.807) is 0 Å². The quantitative estimate of drug-likeness (QED) is 0.658. The van der Waals surface area contributed by atoms with Crippen LogP contribution in [0.5, 0.6) is 0 Å². The summed E-state index contributed by atoms with van der Waals surface area (Å²) < 4.78 is 26.5. The lowest BCUT2D eigenvalue weighted by Crippen LogP contribution is -2.26. The molecule has 1 rings (SSSR count). The first-order valence-electron chi connectivity index (χ1n) is 4.06. The van der Waals surface area contributed by atoms with Crippen LogP contribution in [0, 0.1) is 0 Å². The van der Waals surface area contributed by atoms with Gasteiger partial charge >= 0.3 is 0 Å². The van der Waals surface area contributed by atoms with Crippen LogP contribution in [0.4, 0.5) is 5.69 Å². The molecule has 15 heavy (non-hydrogen) atoms. The van der Waals surface area contributed by atoms with Crippen molar-refractivity contribution in [2.45, 2.75) is 0 Å². The van der Waals surface area contributed by atoms with Gasteiger partial charge in [-0.25, -0.2) is 4.72 Å². The van der Waals surface area contributed by atoms with Gasteiger partial charge in [-0.15, -0.1) is 0 Å². The Balaban J connectivity index is 2.97. The van der Waals surface area contributed by atoms with E-state index in [-0.39, 0.29) is 11.3 Å². The smallest absolute Gasteiger partial charge is 0.298 e. The zero-order valence-corrected chi connectivity index (χ0v) is 8.84. The van der Waals surface area contributed by atoms with E-state index in [1.807, 2.05) is 0 Å². The van der Waals surface area contributed by atoms with Gasteiger partial charge in [-0.2, -0.15) is 8.42 Å². The maximum absolute atomic E-state index is 11.1. The molecule has 1 aromatic rings. The number of nitrogens with one attached hydrogen (secondary N) is 2. The SMILES string of the molecule is CNS(=O)(=O)Nc1cccc(C(N)=O)c1. The molecule has 1 amide bonds. The van der Waals surface area contributed by atoms with Gasteiger partial charge < -0.3 is 5.73 Å². The van der Waals surface area contributed by atoms with Crippen molar-refractivity contribution in [2.24, 2.45) is 5.73 Å². The van der Waals surface area contributed by atoms with Gasteiger partial charge in [0, 0.05) is 12.6 Å². The van der Waals surface area contributed by atoms with Crippen LogP contribution in [-0.4, -0.2) is 21.4 Å². The maximum Gasteiger partial charge on any atom is 0.298 e. The second-order valence-electron chi connectivity index (χ2n) is 2.75. The van der Waals surface area contributed by atoms with E-state index in [0.29, 0.717) is 0 Å². The van der Waals surface area contributed by atoms with Crippen LogP contribution < -0.4 is 15.2 Å². The van der Waals surface area contributed by atoms with Gasteiger partial charge in [-0.3, -0.25) is 9.52 Å². The van der Waals surface area contributed by atoms with Gasteiger partial charge in [-0.05, 0) is 18.2 Å². The molecule has 0 fully saturated rings. The molecule has 0 aliphatic carbocycles. The van der Waals surface area contributed by atoms with Crippen LogP contribution in [0.3, 0.4) is 0 Å². The van der Waals surface area contributed by atoms with Crippen molar-refractivity contribution in [3.05, 3.63) is 29.8 Å². The third-order valence-corrected chi connectivity index (χ3v) is 2.71. The minimum atomic E-state index is -3.57. The molecule has 0 unspecified atom stereocenters. The van der Waals surface area contributed by atoms with Crippen molar-refractivity contribution < 1.29 is 13.2 Å². The molecule has 4 N–H and O–H groups in total. The summed E-state index contributed by atoms with van der Waals surface area (Å²) in [7, 11) is -2.29. The summed E-state index contributed by atoms with van der Waals surface area (Å²) in [6.45, 7) is 0. The molecule has 0 saturated carbocycles. The van der Waals surface area contributed by atoms with Crippen molar-refractivity contribution in [3.63, 3.8) is 0 Å². The topological polar surface area (TPSA) is 101 Å². The number of hydrogen-bond donors (Lipinski definition) is 3. The lowest BCUT2D eigenvalue weighted by atomic mass is 10.2. The summed E-state index contributed by atoms with van der Waals surface area (Å²) in [5, 5.41) is 0. The van der Waals surface area contributed by atoms with Gasteiger partial charge in [0.25, 0.3) is 10.2 Å². The Morgan fingerprint density at radius 3 is 2.60 bits per heavy atom. The number of hydrogen-bond acceptors (Lipinski definition) is 3. The van der Waals surface area contributed by atoms with Gasteiger partial charge in [0.1, 0.15) is 0 Å². The summed E-state index contributed by atoms with van der Waals surface area (Å²) in [5.74, 6) is -0.611. The molecule has 0 saturated heterocycles. The van der Waals surface area contributed by atoms with Crippen LogP contribution >= 0.6 is 0 Å². The van der Waals surface area contributed by atoms with Gasteiger partial charge in [0.2, 0.25) is 5.91 Å². The van der Waals surface area contributed by atoms with E-state index < -0.39 is 16.1 Å². The van der Waals surface area contributed by atoms with Crippen LogP contribution in [0.1, 0.15) is 10.4 Å². The summed E-state index contributed by atoms with van der Waals surface area (Å²) in [4.78, 5) is 10.8. The van der Waals surface area contributed by atoms with Crippen molar-refractivity contribution in [3.8, 4) is 0 Å². The van der Waals surface area contributed by atoms with E-state index in [0.717, 1.165) is 0 Å². The molecule has 0 bridgehead atoms. The van der Waals surface area contributed by atoms with Crippen LogP contribution in [-0.2, 0) is 10.2 Å². The van der Waals surface area contributed by atoms with E-state index in [4.69, 9.17) is 5.73 Å². The molecule has 0 aromatic heterocycles. The van der Waals surface area contributed by atoms with Crippen LogP contribution in [0.2, 0.25) is 0 Å². The molecule has 0 radical (unpaired) electrons. The Bertz CT molecular complexity index is 470. The first kappa shape index (κ1) is 11.5. The number of carbonyl (C=O) groups is 1. The zero-order chi connectivity index (χ0) is 11.5. The summed E-state index contributed by atoms with van der Waals surface area (Å²) >= 11 is 0. The summed E-state index contributed by atoms with van der Waals surface area (Å²) in [5.41, 5.74) is 5.57. The highest BCUT2D eigenvalue weighted by atomic mass is 32.2. The second-order valence-corrected chi connectivity index (χ2v) is 4.37. The largest absolute Gasteiger partial charge is 0.366 e. The third kappa shape index (κ3) is 3.22. The van der Waals surface area contributed by atoms with E-state index in [9.17, 15) is 13.2 Å². The highest BCUT2D eigenvalue weighted by Crippen LogP contribution is 2.10. The standard InChI is InChI=1S/C8H11N3O3S/c1-10-15(13,14)11-7-4-2-3-6(5-7)8(9)12/h2-5,10-11H,1H3,(H2,9,12). The Morgan fingerprint density at radius 1 is 1.40 bits per heavy atom. The minimum absolute atomic E-state index is 0.242. The molecular formula is C8H11N3O3S. The van der Waals surface area contributed by atoms with E-state index in [2.05, 4.69) is 9.44 Å².